The third-order valence-electron chi connectivity index (χ3n) is 4.07. The normalized spacial score (nSPS) is 18.0. The molecule has 112 valence electrons. The average molecular weight is 314 g/mol. The van der Waals surface area contributed by atoms with Gasteiger partial charge in [0.25, 0.3) is 0 Å². The summed E-state index contributed by atoms with van der Waals surface area (Å²) in [6.07, 6.45) is 4.56. The maximum atomic E-state index is 5.95. The first kappa shape index (κ1) is 13.4. The SMILES string of the molecule is Clc1ccc(N2CCC(Nc3ncnc4[nH]ccc34)C2)cc1. The minimum Gasteiger partial charge on any atom is -0.369 e. The van der Waals surface area contributed by atoms with Gasteiger partial charge in [0.1, 0.15) is 17.8 Å². The molecule has 3 aromatic rings. The van der Waals surface area contributed by atoms with E-state index < -0.39 is 0 Å². The number of H-pyrrole nitrogens is 1. The van der Waals surface area contributed by atoms with E-state index >= 15 is 0 Å². The molecule has 0 bridgehead atoms. The number of aromatic amines is 1. The van der Waals surface area contributed by atoms with Gasteiger partial charge in [0.2, 0.25) is 0 Å². The van der Waals surface area contributed by atoms with Crippen molar-refractivity contribution >= 4 is 34.1 Å². The second-order valence-corrected chi connectivity index (χ2v) is 5.95. The maximum Gasteiger partial charge on any atom is 0.142 e. The van der Waals surface area contributed by atoms with E-state index in [9.17, 15) is 0 Å². The molecule has 0 radical (unpaired) electrons. The van der Waals surface area contributed by atoms with Crippen LogP contribution in [0.25, 0.3) is 11.0 Å². The van der Waals surface area contributed by atoms with Crippen LogP contribution in [0.15, 0.2) is 42.9 Å². The number of aromatic nitrogens is 3. The van der Waals surface area contributed by atoms with Gasteiger partial charge in [0, 0.05) is 36.0 Å². The molecule has 1 saturated heterocycles. The van der Waals surface area contributed by atoms with Gasteiger partial charge < -0.3 is 15.2 Å². The summed E-state index contributed by atoms with van der Waals surface area (Å²) in [4.78, 5) is 14.1. The van der Waals surface area contributed by atoms with E-state index in [2.05, 4.69) is 37.3 Å². The van der Waals surface area contributed by atoms with Gasteiger partial charge >= 0.3 is 0 Å². The smallest absolute Gasteiger partial charge is 0.142 e. The van der Waals surface area contributed by atoms with E-state index in [4.69, 9.17) is 11.6 Å². The van der Waals surface area contributed by atoms with Crippen LogP contribution < -0.4 is 10.2 Å². The molecule has 0 amide bonds. The van der Waals surface area contributed by atoms with E-state index in [1.165, 1.54) is 5.69 Å². The number of anilines is 2. The molecule has 6 heteroatoms. The Morgan fingerprint density at radius 1 is 1.18 bits per heavy atom. The molecule has 1 atom stereocenters. The van der Waals surface area contributed by atoms with Crippen molar-refractivity contribution in [3.8, 4) is 0 Å². The van der Waals surface area contributed by atoms with Crippen LogP contribution in [0, 0.1) is 0 Å². The lowest BCUT2D eigenvalue weighted by molar-refractivity contribution is 0.802. The lowest BCUT2D eigenvalue weighted by atomic mass is 10.2. The molecular weight excluding hydrogens is 298 g/mol. The molecule has 2 N–H and O–H groups in total. The number of rotatable bonds is 3. The fraction of sp³-hybridized carbons (Fsp3) is 0.250. The van der Waals surface area contributed by atoms with Gasteiger partial charge in [-0.15, -0.1) is 0 Å². The predicted molar refractivity (Wildman–Crippen MR) is 89.6 cm³/mol. The predicted octanol–water partition coefficient (Wildman–Crippen LogP) is 3.30. The fourth-order valence-corrected chi connectivity index (χ4v) is 3.07. The number of hydrogen-bond donors (Lipinski definition) is 2. The van der Waals surface area contributed by atoms with Gasteiger partial charge in [-0.25, -0.2) is 9.97 Å². The van der Waals surface area contributed by atoms with Crippen LogP contribution in [0.1, 0.15) is 6.42 Å². The zero-order valence-corrected chi connectivity index (χ0v) is 12.7. The van der Waals surface area contributed by atoms with Gasteiger partial charge in [-0.3, -0.25) is 0 Å². The molecule has 4 rings (SSSR count). The Labute approximate surface area is 133 Å². The van der Waals surface area contributed by atoms with Gasteiger partial charge in [-0.05, 0) is 36.8 Å². The fourth-order valence-electron chi connectivity index (χ4n) is 2.95. The molecule has 1 fully saturated rings. The maximum absolute atomic E-state index is 5.95. The molecule has 1 aliphatic heterocycles. The third kappa shape index (κ3) is 2.48. The quantitative estimate of drug-likeness (QED) is 0.779. The molecular formula is C16H16ClN5. The zero-order valence-electron chi connectivity index (χ0n) is 12.0. The first-order valence-electron chi connectivity index (χ1n) is 7.35. The van der Waals surface area contributed by atoms with Gasteiger partial charge in [0.15, 0.2) is 0 Å². The van der Waals surface area contributed by atoms with E-state index in [1.807, 2.05) is 24.4 Å². The molecule has 22 heavy (non-hydrogen) atoms. The highest BCUT2D eigenvalue weighted by molar-refractivity contribution is 6.30. The monoisotopic (exact) mass is 313 g/mol. The van der Waals surface area contributed by atoms with Crippen molar-refractivity contribution in [3.05, 3.63) is 47.9 Å². The molecule has 0 saturated carbocycles. The summed E-state index contributed by atoms with van der Waals surface area (Å²) in [7, 11) is 0. The summed E-state index contributed by atoms with van der Waals surface area (Å²) in [6.45, 7) is 1.98. The molecule has 2 aromatic heterocycles. The number of hydrogen-bond acceptors (Lipinski definition) is 4. The van der Waals surface area contributed by atoms with Crippen molar-refractivity contribution in [1.82, 2.24) is 15.0 Å². The number of nitrogens with zero attached hydrogens (tertiary/aromatic N) is 3. The van der Waals surface area contributed by atoms with Crippen molar-refractivity contribution in [3.63, 3.8) is 0 Å². The third-order valence-corrected chi connectivity index (χ3v) is 4.33. The number of fused-ring (bicyclic) bond motifs is 1. The lowest BCUT2D eigenvalue weighted by Crippen LogP contribution is -2.26. The second kappa shape index (κ2) is 5.50. The Morgan fingerprint density at radius 3 is 2.91 bits per heavy atom. The summed E-state index contributed by atoms with van der Waals surface area (Å²) in [5.74, 6) is 0.897. The topological polar surface area (TPSA) is 56.8 Å². The number of benzene rings is 1. The summed E-state index contributed by atoms with van der Waals surface area (Å²) in [5, 5.41) is 5.35. The first-order valence-corrected chi connectivity index (χ1v) is 7.72. The second-order valence-electron chi connectivity index (χ2n) is 5.51. The van der Waals surface area contributed by atoms with Gasteiger partial charge in [0.05, 0.1) is 5.39 Å². The van der Waals surface area contributed by atoms with Crippen molar-refractivity contribution < 1.29 is 0 Å². The number of nitrogens with one attached hydrogen (secondary N) is 2. The largest absolute Gasteiger partial charge is 0.369 e. The van der Waals surface area contributed by atoms with Crippen molar-refractivity contribution in [1.29, 1.82) is 0 Å². The molecule has 5 nitrogen and oxygen atoms in total. The van der Waals surface area contributed by atoms with Crippen LogP contribution in [0.2, 0.25) is 5.02 Å². The first-order chi connectivity index (χ1) is 10.8. The summed E-state index contributed by atoms with van der Waals surface area (Å²) < 4.78 is 0. The van der Waals surface area contributed by atoms with Crippen LogP contribution in [0.3, 0.4) is 0 Å². The summed E-state index contributed by atoms with van der Waals surface area (Å²) >= 11 is 5.95. The minimum absolute atomic E-state index is 0.378. The Bertz CT molecular complexity index is 783. The van der Waals surface area contributed by atoms with Gasteiger partial charge in [-0.1, -0.05) is 11.6 Å². The van der Waals surface area contributed by atoms with Crippen LogP contribution in [-0.2, 0) is 0 Å². The Hall–Kier alpha value is -2.27. The Morgan fingerprint density at radius 2 is 2.05 bits per heavy atom. The molecule has 1 aliphatic rings. The highest BCUT2D eigenvalue weighted by atomic mass is 35.5. The summed E-state index contributed by atoms with van der Waals surface area (Å²) in [5.41, 5.74) is 2.08. The Kier molecular flexibility index (Phi) is 3.35. The highest BCUT2D eigenvalue weighted by Gasteiger charge is 2.23. The molecule has 0 aliphatic carbocycles. The van der Waals surface area contributed by atoms with Crippen LogP contribution in [-0.4, -0.2) is 34.1 Å². The van der Waals surface area contributed by atoms with E-state index in [-0.39, 0.29) is 0 Å². The van der Waals surface area contributed by atoms with Crippen LogP contribution in [0.5, 0.6) is 0 Å². The average Bonchev–Trinajstić information content (AvgIpc) is 3.17. The standard InChI is InChI=1S/C16H16ClN5/c17-11-1-3-13(4-2-11)22-8-6-12(9-22)21-16-14-5-7-18-15(14)19-10-20-16/h1-5,7,10,12H,6,8-9H2,(H2,18,19,20,21). The van der Waals surface area contributed by atoms with E-state index in [0.717, 1.165) is 41.4 Å². The zero-order chi connectivity index (χ0) is 14.9. The molecule has 0 spiro atoms. The molecule has 3 heterocycles. The Balaban J connectivity index is 1.49. The summed E-state index contributed by atoms with van der Waals surface area (Å²) in [6, 6.07) is 10.4. The van der Waals surface area contributed by atoms with Crippen molar-refractivity contribution in [2.24, 2.45) is 0 Å². The number of halogens is 1. The minimum atomic E-state index is 0.378. The van der Waals surface area contributed by atoms with Gasteiger partial charge in [-0.2, -0.15) is 0 Å². The molecule has 1 aromatic carbocycles. The van der Waals surface area contributed by atoms with Crippen LogP contribution in [0.4, 0.5) is 11.5 Å². The lowest BCUT2D eigenvalue weighted by Gasteiger charge is -2.19. The van der Waals surface area contributed by atoms with E-state index in [1.54, 1.807) is 6.33 Å². The highest BCUT2D eigenvalue weighted by Crippen LogP contribution is 2.25. The molecule has 1 unspecified atom stereocenters. The van der Waals surface area contributed by atoms with Crippen LogP contribution >= 0.6 is 11.6 Å². The van der Waals surface area contributed by atoms with Crippen molar-refractivity contribution in [2.75, 3.05) is 23.3 Å². The van der Waals surface area contributed by atoms with Crippen molar-refractivity contribution in [2.45, 2.75) is 12.5 Å². The van der Waals surface area contributed by atoms with E-state index in [0.29, 0.717) is 6.04 Å².